The SMILES string of the molecule is C[C@@H](Oc1cccc(-n2cnnn2)c1)C(=O)O. The average molecular weight is 234 g/mol. The second-order valence-electron chi connectivity index (χ2n) is 3.35. The summed E-state index contributed by atoms with van der Waals surface area (Å²) in [6, 6.07) is 6.86. The number of nitrogens with zero attached hydrogens (tertiary/aromatic N) is 4. The van der Waals surface area contributed by atoms with Gasteiger partial charge in [0.2, 0.25) is 0 Å². The van der Waals surface area contributed by atoms with Crippen LogP contribution < -0.4 is 4.74 Å². The van der Waals surface area contributed by atoms with Gasteiger partial charge in [0, 0.05) is 6.07 Å². The topological polar surface area (TPSA) is 90.1 Å². The number of ether oxygens (including phenoxy) is 1. The van der Waals surface area contributed by atoms with Gasteiger partial charge in [-0.15, -0.1) is 5.10 Å². The fraction of sp³-hybridized carbons (Fsp3) is 0.200. The molecule has 17 heavy (non-hydrogen) atoms. The number of hydrogen-bond donors (Lipinski definition) is 1. The maximum atomic E-state index is 10.7. The fourth-order valence-corrected chi connectivity index (χ4v) is 1.23. The first-order valence-electron chi connectivity index (χ1n) is 4.89. The van der Waals surface area contributed by atoms with Gasteiger partial charge in [0.15, 0.2) is 6.10 Å². The summed E-state index contributed by atoms with van der Waals surface area (Å²) in [6.07, 6.45) is 0.541. The van der Waals surface area contributed by atoms with Crippen LogP contribution in [0.2, 0.25) is 0 Å². The third kappa shape index (κ3) is 2.57. The number of rotatable bonds is 4. The molecule has 2 rings (SSSR count). The number of tetrazole rings is 1. The van der Waals surface area contributed by atoms with Crippen molar-refractivity contribution >= 4 is 5.97 Å². The minimum absolute atomic E-state index is 0.452. The Morgan fingerprint density at radius 1 is 1.53 bits per heavy atom. The standard InChI is InChI=1S/C10H10N4O3/c1-7(10(15)16)17-9-4-2-3-8(5-9)14-6-11-12-13-14/h2-7H,1H3,(H,15,16)/t7-/m1/s1. The van der Waals surface area contributed by atoms with Crippen molar-refractivity contribution in [3.63, 3.8) is 0 Å². The van der Waals surface area contributed by atoms with Crippen LogP contribution in [0.1, 0.15) is 6.92 Å². The van der Waals surface area contributed by atoms with Crippen LogP contribution in [0.4, 0.5) is 0 Å². The van der Waals surface area contributed by atoms with Gasteiger partial charge in [-0.2, -0.15) is 0 Å². The maximum Gasteiger partial charge on any atom is 0.344 e. The van der Waals surface area contributed by atoms with Crippen molar-refractivity contribution in [1.82, 2.24) is 20.2 Å². The fourth-order valence-electron chi connectivity index (χ4n) is 1.23. The van der Waals surface area contributed by atoms with Crippen LogP contribution in [0, 0.1) is 0 Å². The molecule has 1 atom stereocenters. The molecule has 0 unspecified atom stereocenters. The number of aromatic nitrogens is 4. The van der Waals surface area contributed by atoms with E-state index >= 15 is 0 Å². The Kier molecular flexibility index (Phi) is 2.99. The molecule has 1 aromatic heterocycles. The molecule has 0 aliphatic heterocycles. The van der Waals surface area contributed by atoms with E-state index in [0.717, 1.165) is 0 Å². The first-order chi connectivity index (χ1) is 8.16. The van der Waals surface area contributed by atoms with E-state index in [4.69, 9.17) is 9.84 Å². The molecule has 0 amide bonds. The molecule has 0 aliphatic rings. The lowest BCUT2D eigenvalue weighted by atomic mass is 10.3. The number of aliphatic carboxylic acids is 1. The molecule has 7 heteroatoms. The van der Waals surface area contributed by atoms with Gasteiger partial charge in [-0.05, 0) is 29.5 Å². The first kappa shape index (κ1) is 11.1. The van der Waals surface area contributed by atoms with Crippen LogP contribution in [0.25, 0.3) is 5.69 Å². The summed E-state index contributed by atoms with van der Waals surface area (Å²) in [4.78, 5) is 10.7. The normalized spacial score (nSPS) is 12.1. The Morgan fingerprint density at radius 2 is 2.35 bits per heavy atom. The number of carboxylic acid groups (broad SMARTS) is 1. The van der Waals surface area contributed by atoms with Crippen LogP contribution in [0.15, 0.2) is 30.6 Å². The quantitative estimate of drug-likeness (QED) is 0.829. The average Bonchev–Trinajstić information content (AvgIpc) is 2.82. The summed E-state index contributed by atoms with van der Waals surface area (Å²) in [5, 5.41) is 19.5. The molecule has 0 radical (unpaired) electrons. The van der Waals surface area contributed by atoms with E-state index < -0.39 is 12.1 Å². The summed E-state index contributed by atoms with van der Waals surface area (Å²) < 4.78 is 6.69. The lowest BCUT2D eigenvalue weighted by molar-refractivity contribution is -0.144. The van der Waals surface area contributed by atoms with E-state index in [1.54, 1.807) is 24.3 Å². The van der Waals surface area contributed by atoms with E-state index in [-0.39, 0.29) is 0 Å². The molecule has 0 saturated carbocycles. The number of carbonyl (C=O) groups is 1. The van der Waals surface area contributed by atoms with Gasteiger partial charge >= 0.3 is 5.97 Å². The van der Waals surface area contributed by atoms with Crippen molar-refractivity contribution in [1.29, 1.82) is 0 Å². The van der Waals surface area contributed by atoms with E-state index in [0.29, 0.717) is 11.4 Å². The Bertz CT molecular complexity index is 512. The van der Waals surface area contributed by atoms with Gasteiger partial charge < -0.3 is 9.84 Å². The van der Waals surface area contributed by atoms with Crippen LogP contribution in [-0.4, -0.2) is 37.4 Å². The number of carboxylic acids is 1. The highest BCUT2D eigenvalue weighted by Gasteiger charge is 2.12. The molecule has 0 aliphatic carbocycles. The Balaban J connectivity index is 2.20. The molecule has 1 aromatic carbocycles. The van der Waals surface area contributed by atoms with Gasteiger partial charge in [-0.25, -0.2) is 9.48 Å². The molecule has 7 nitrogen and oxygen atoms in total. The van der Waals surface area contributed by atoms with E-state index in [1.165, 1.54) is 17.9 Å². The first-order valence-corrected chi connectivity index (χ1v) is 4.89. The minimum Gasteiger partial charge on any atom is -0.479 e. The van der Waals surface area contributed by atoms with Crippen LogP contribution in [0.5, 0.6) is 5.75 Å². The second kappa shape index (κ2) is 4.60. The number of benzene rings is 1. The van der Waals surface area contributed by atoms with Crippen molar-refractivity contribution in [2.24, 2.45) is 0 Å². The highest BCUT2D eigenvalue weighted by atomic mass is 16.5. The lowest BCUT2D eigenvalue weighted by Crippen LogP contribution is -2.22. The van der Waals surface area contributed by atoms with Gasteiger partial charge in [-0.1, -0.05) is 6.07 Å². The van der Waals surface area contributed by atoms with Crippen LogP contribution in [-0.2, 0) is 4.79 Å². The van der Waals surface area contributed by atoms with Crippen molar-refractivity contribution in [2.75, 3.05) is 0 Å². The Labute approximate surface area is 96.6 Å². The third-order valence-electron chi connectivity index (χ3n) is 2.09. The zero-order valence-electron chi connectivity index (χ0n) is 9.02. The summed E-state index contributed by atoms with van der Waals surface area (Å²) in [6.45, 7) is 1.46. The molecule has 2 aromatic rings. The Morgan fingerprint density at radius 3 is 3.00 bits per heavy atom. The maximum absolute atomic E-state index is 10.7. The molecule has 88 valence electrons. The van der Waals surface area contributed by atoms with Gasteiger partial charge in [0.25, 0.3) is 0 Å². The monoisotopic (exact) mass is 234 g/mol. The van der Waals surface area contributed by atoms with Gasteiger partial charge in [-0.3, -0.25) is 0 Å². The summed E-state index contributed by atoms with van der Waals surface area (Å²) in [5.74, 6) is -0.564. The van der Waals surface area contributed by atoms with Crippen molar-refractivity contribution < 1.29 is 14.6 Å². The van der Waals surface area contributed by atoms with E-state index in [1.807, 2.05) is 0 Å². The molecule has 0 saturated heterocycles. The van der Waals surface area contributed by atoms with Crippen molar-refractivity contribution in [3.05, 3.63) is 30.6 Å². The van der Waals surface area contributed by atoms with Gasteiger partial charge in [0.05, 0.1) is 5.69 Å². The predicted octanol–water partition coefficient (Wildman–Crippen LogP) is 0.514. The summed E-state index contributed by atoms with van der Waals surface area (Å²) in [7, 11) is 0. The molecule has 0 spiro atoms. The molecule has 0 bridgehead atoms. The lowest BCUT2D eigenvalue weighted by Gasteiger charge is -2.10. The summed E-state index contributed by atoms with van der Waals surface area (Å²) >= 11 is 0. The smallest absolute Gasteiger partial charge is 0.344 e. The van der Waals surface area contributed by atoms with Gasteiger partial charge in [0.1, 0.15) is 12.1 Å². The molecule has 0 fully saturated rings. The molecular formula is C10H10N4O3. The molecule has 1 heterocycles. The predicted molar refractivity (Wildman–Crippen MR) is 56.9 cm³/mol. The van der Waals surface area contributed by atoms with Crippen molar-refractivity contribution in [2.45, 2.75) is 13.0 Å². The second-order valence-corrected chi connectivity index (χ2v) is 3.35. The molecular weight excluding hydrogens is 224 g/mol. The zero-order valence-corrected chi connectivity index (χ0v) is 9.02. The molecule has 1 N–H and O–H groups in total. The third-order valence-corrected chi connectivity index (χ3v) is 2.09. The minimum atomic E-state index is -1.02. The summed E-state index contributed by atoms with van der Waals surface area (Å²) in [5.41, 5.74) is 0.699. The Hall–Kier alpha value is -2.44. The largest absolute Gasteiger partial charge is 0.479 e. The van der Waals surface area contributed by atoms with Crippen molar-refractivity contribution in [3.8, 4) is 11.4 Å². The van der Waals surface area contributed by atoms with Crippen LogP contribution in [0.3, 0.4) is 0 Å². The highest BCUT2D eigenvalue weighted by Crippen LogP contribution is 2.16. The van der Waals surface area contributed by atoms with Crippen LogP contribution >= 0.6 is 0 Å². The highest BCUT2D eigenvalue weighted by molar-refractivity contribution is 5.72. The number of hydrogen-bond acceptors (Lipinski definition) is 5. The van der Waals surface area contributed by atoms with E-state index in [2.05, 4.69) is 15.5 Å². The zero-order chi connectivity index (χ0) is 12.3. The van der Waals surface area contributed by atoms with E-state index in [9.17, 15) is 4.79 Å².